The van der Waals surface area contributed by atoms with Gasteiger partial charge in [0, 0.05) is 25.7 Å². The normalized spacial score (nSPS) is 12.1. The van der Waals surface area contributed by atoms with E-state index in [9.17, 15) is 9.90 Å². The smallest absolute Gasteiger partial charge is 0.255 e. The van der Waals surface area contributed by atoms with Crippen molar-refractivity contribution in [3.05, 3.63) is 23.8 Å². The molecule has 1 atom stereocenters. The molecule has 0 spiro atoms. The summed E-state index contributed by atoms with van der Waals surface area (Å²) in [6.45, 7) is 3.03. The maximum absolute atomic E-state index is 11.6. The number of hydrogen-bond donors (Lipinski definition) is 5. The van der Waals surface area contributed by atoms with Gasteiger partial charge in [-0.05, 0) is 19.1 Å². The van der Waals surface area contributed by atoms with Gasteiger partial charge in [0.2, 0.25) is 0 Å². The third-order valence-corrected chi connectivity index (χ3v) is 2.25. The van der Waals surface area contributed by atoms with E-state index in [4.69, 9.17) is 10.2 Å². The molecule has 0 aliphatic heterocycles. The topological polar surface area (TPSA) is 102 Å². The summed E-state index contributed by atoms with van der Waals surface area (Å²) in [7, 11) is 0. The Morgan fingerprint density at radius 3 is 2.67 bits per heavy atom. The summed E-state index contributed by atoms with van der Waals surface area (Å²) in [5.41, 5.74) is 0.114. The van der Waals surface area contributed by atoms with E-state index in [1.165, 1.54) is 12.1 Å². The minimum Gasteiger partial charge on any atom is -0.508 e. The van der Waals surface area contributed by atoms with Crippen LogP contribution in [0.4, 0.5) is 0 Å². The molecule has 0 fully saturated rings. The molecule has 6 nitrogen and oxygen atoms in total. The lowest BCUT2D eigenvalue weighted by Crippen LogP contribution is -2.34. The summed E-state index contributed by atoms with van der Waals surface area (Å²) < 4.78 is 0. The van der Waals surface area contributed by atoms with Gasteiger partial charge in [0.05, 0.1) is 11.7 Å². The molecule has 0 aromatic heterocycles. The van der Waals surface area contributed by atoms with E-state index in [1.54, 1.807) is 6.92 Å². The van der Waals surface area contributed by atoms with Gasteiger partial charge < -0.3 is 26.0 Å². The number of aliphatic hydroxyl groups excluding tert-OH is 1. The van der Waals surface area contributed by atoms with Crippen LogP contribution in [0.15, 0.2) is 18.2 Å². The highest BCUT2D eigenvalue weighted by Gasteiger charge is 2.10. The van der Waals surface area contributed by atoms with Crippen LogP contribution in [0.5, 0.6) is 11.5 Å². The highest BCUT2D eigenvalue weighted by atomic mass is 16.3. The van der Waals surface area contributed by atoms with Crippen molar-refractivity contribution in [3.63, 3.8) is 0 Å². The summed E-state index contributed by atoms with van der Waals surface area (Å²) in [6.07, 6.45) is -0.429. The molecule has 100 valence electrons. The maximum Gasteiger partial charge on any atom is 0.255 e. The number of benzene rings is 1. The molecule has 5 N–H and O–H groups in total. The zero-order valence-corrected chi connectivity index (χ0v) is 10.2. The fourth-order valence-electron chi connectivity index (χ4n) is 1.38. The first-order chi connectivity index (χ1) is 8.50. The molecule has 0 saturated heterocycles. The van der Waals surface area contributed by atoms with Crippen LogP contribution in [0.25, 0.3) is 0 Å². The van der Waals surface area contributed by atoms with Crippen molar-refractivity contribution in [2.24, 2.45) is 0 Å². The highest BCUT2D eigenvalue weighted by molar-refractivity contribution is 5.96. The molecule has 1 aromatic rings. The molecule has 1 rings (SSSR count). The van der Waals surface area contributed by atoms with Gasteiger partial charge in [0.15, 0.2) is 0 Å². The fourth-order valence-corrected chi connectivity index (χ4v) is 1.38. The van der Waals surface area contributed by atoms with Crippen LogP contribution < -0.4 is 10.6 Å². The van der Waals surface area contributed by atoms with E-state index in [0.717, 1.165) is 6.07 Å². The average Bonchev–Trinajstić information content (AvgIpc) is 2.27. The lowest BCUT2D eigenvalue weighted by molar-refractivity contribution is 0.0951. The second-order valence-corrected chi connectivity index (χ2v) is 4.01. The van der Waals surface area contributed by atoms with Crippen LogP contribution in [0, 0.1) is 0 Å². The SMILES string of the molecule is CC(O)CNCCNC(=O)c1ccc(O)cc1O. The minimum absolute atomic E-state index is 0.0948. The predicted molar refractivity (Wildman–Crippen MR) is 66.7 cm³/mol. The van der Waals surface area contributed by atoms with E-state index in [1.807, 2.05) is 0 Å². The Hall–Kier alpha value is -1.79. The minimum atomic E-state index is -0.429. The molecule has 0 aliphatic carbocycles. The monoisotopic (exact) mass is 254 g/mol. The standard InChI is InChI=1S/C12H18N2O4/c1-8(15)7-13-4-5-14-12(18)10-3-2-9(16)6-11(10)17/h2-3,6,8,13,15-17H,4-5,7H2,1H3,(H,14,18). The lowest BCUT2D eigenvalue weighted by Gasteiger charge is -2.09. The second-order valence-electron chi connectivity index (χ2n) is 4.01. The number of rotatable bonds is 6. The van der Waals surface area contributed by atoms with Gasteiger partial charge in [-0.15, -0.1) is 0 Å². The van der Waals surface area contributed by atoms with E-state index < -0.39 is 12.0 Å². The number of phenolic OH excluding ortho intramolecular Hbond substituents is 2. The van der Waals surface area contributed by atoms with Gasteiger partial charge in [0.25, 0.3) is 5.91 Å². The molecule has 0 heterocycles. The largest absolute Gasteiger partial charge is 0.508 e. The van der Waals surface area contributed by atoms with Crippen LogP contribution in [0.3, 0.4) is 0 Å². The van der Waals surface area contributed by atoms with Gasteiger partial charge in [-0.3, -0.25) is 4.79 Å². The molecule has 0 radical (unpaired) electrons. The summed E-state index contributed by atoms with van der Waals surface area (Å²) >= 11 is 0. The van der Waals surface area contributed by atoms with Crippen LogP contribution in [-0.2, 0) is 0 Å². The average molecular weight is 254 g/mol. The van der Waals surface area contributed by atoms with E-state index >= 15 is 0 Å². The predicted octanol–water partition coefficient (Wildman–Crippen LogP) is -0.202. The van der Waals surface area contributed by atoms with Crippen LogP contribution >= 0.6 is 0 Å². The van der Waals surface area contributed by atoms with Crippen LogP contribution in [-0.4, -0.2) is 47.0 Å². The van der Waals surface area contributed by atoms with Gasteiger partial charge in [-0.2, -0.15) is 0 Å². The summed E-state index contributed by atoms with van der Waals surface area (Å²) in [5.74, 6) is -0.765. The summed E-state index contributed by atoms with van der Waals surface area (Å²) in [6, 6.07) is 3.80. The first kappa shape index (κ1) is 14.3. The van der Waals surface area contributed by atoms with Crippen molar-refractivity contribution >= 4 is 5.91 Å². The third kappa shape index (κ3) is 4.60. The Labute approximate surface area is 105 Å². The van der Waals surface area contributed by atoms with E-state index in [2.05, 4.69) is 10.6 Å². The highest BCUT2D eigenvalue weighted by Crippen LogP contribution is 2.22. The zero-order chi connectivity index (χ0) is 13.5. The van der Waals surface area contributed by atoms with Crippen LogP contribution in [0.2, 0.25) is 0 Å². The molecule has 0 saturated carbocycles. The third-order valence-electron chi connectivity index (χ3n) is 2.25. The number of carbonyl (C=O) groups excluding carboxylic acids is 1. The Kier molecular flexibility index (Phi) is 5.41. The second kappa shape index (κ2) is 6.83. The van der Waals surface area contributed by atoms with E-state index in [0.29, 0.717) is 19.6 Å². The molecule has 1 amide bonds. The zero-order valence-electron chi connectivity index (χ0n) is 10.2. The van der Waals surface area contributed by atoms with Crippen molar-refractivity contribution in [2.75, 3.05) is 19.6 Å². The number of aliphatic hydroxyl groups is 1. The molecule has 0 aliphatic rings. The molecule has 1 unspecified atom stereocenters. The Morgan fingerprint density at radius 1 is 1.33 bits per heavy atom. The number of phenols is 2. The lowest BCUT2D eigenvalue weighted by atomic mass is 10.2. The summed E-state index contributed by atoms with van der Waals surface area (Å²) in [5, 5.41) is 33.1. The first-order valence-electron chi connectivity index (χ1n) is 5.69. The molecule has 18 heavy (non-hydrogen) atoms. The maximum atomic E-state index is 11.6. The van der Waals surface area contributed by atoms with Gasteiger partial charge in [-0.1, -0.05) is 0 Å². The Morgan fingerprint density at radius 2 is 2.06 bits per heavy atom. The number of carbonyl (C=O) groups is 1. The molecular formula is C12H18N2O4. The van der Waals surface area contributed by atoms with Gasteiger partial charge in [0.1, 0.15) is 11.5 Å². The quantitative estimate of drug-likeness (QED) is 0.452. The van der Waals surface area contributed by atoms with Crippen molar-refractivity contribution in [1.82, 2.24) is 10.6 Å². The van der Waals surface area contributed by atoms with Crippen molar-refractivity contribution < 1.29 is 20.1 Å². The van der Waals surface area contributed by atoms with Crippen LogP contribution in [0.1, 0.15) is 17.3 Å². The van der Waals surface area contributed by atoms with Gasteiger partial charge in [-0.25, -0.2) is 0 Å². The summed E-state index contributed by atoms with van der Waals surface area (Å²) in [4.78, 5) is 11.6. The Balaban J connectivity index is 2.36. The van der Waals surface area contributed by atoms with Crippen molar-refractivity contribution in [2.45, 2.75) is 13.0 Å². The van der Waals surface area contributed by atoms with Gasteiger partial charge >= 0.3 is 0 Å². The van der Waals surface area contributed by atoms with Crippen molar-refractivity contribution in [1.29, 1.82) is 0 Å². The van der Waals surface area contributed by atoms with Crippen molar-refractivity contribution in [3.8, 4) is 11.5 Å². The number of aromatic hydroxyl groups is 2. The fraction of sp³-hybridized carbons (Fsp3) is 0.417. The first-order valence-corrected chi connectivity index (χ1v) is 5.69. The number of amides is 1. The van der Waals surface area contributed by atoms with E-state index in [-0.39, 0.29) is 17.1 Å². The number of nitrogens with one attached hydrogen (secondary N) is 2. The number of hydrogen-bond acceptors (Lipinski definition) is 5. The molecular weight excluding hydrogens is 236 g/mol. The Bertz CT molecular complexity index is 407. The molecule has 1 aromatic carbocycles. The molecule has 0 bridgehead atoms. The molecule has 6 heteroatoms.